The molecule has 3 nitrogen and oxygen atoms in total. The van der Waals surface area contributed by atoms with E-state index in [-0.39, 0.29) is 24.4 Å². The molecule has 1 aliphatic heterocycles. The van der Waals surface area contributed by atoms with Gasteiger partial charge in [-0.2, -0.15) is 13.2 Å². The highest BCUT2D eigenvalue weighted by atomic mass is 32.1. The molecule has 0 radical (unpaired) electrons. The molecule has 2 heterocycles. The molecule has 0 aliphatic carbocycles. The van der Waals surface area contributed by atoms with Crippen LogP contribution in [0, 0.1) is 0 Å². The van der Waals surface area contributed by atoms with Crippen LogP contribution in [0.3, 0.4) is 0 Å². The predicted octanol–water partition coefficient (Wildman–Crippen LogP) is 3.15. The van der Waals surface area contributed by atoms with Gasteiger partial charge in [0.05, 0.1) is 5.00 Å². The molecule has 0 unspecified atom stereocenters. The van der Waals surface area contributed by atoms with Crippen molar-refractivity contribution in [3.63, 3.8) is 0 Å². The lowest BCUT2D eigenvalue weighted by atomic mass is 10.1. The molecule has 0 saturated carbocycles. The maximum Gasteiger partial charge on any atom is 0.412 e. The third-order valence-electron chi connectivity index (χ3n) is 2.69. The van der Waals surface area contributed by atoms with Gasteiger partial charge >= 0.3 is 12.1 Å². The molecule has 2 rings (SSSR count). The summed E-state index contributed by atoms with van der Waals surface area (Å²) in [6, 6.07) is 3.09. The summed E-state index contributed by atoms with van der Waals surface area (Å²) in [6.45, 7) is 0.416. The van der Waals surface area contributed by atoms with E-state index in [9.17, 15) is 18.0 Å². The van der Waals surface area contributed by atoms with Gasteiger partial charge in [0.25, 0.3) is 0 Å². The number of carboxylic acids is 1. The average molecular weight is 277 g/mol. The van der Waals surface area contributed by atoms with Crippen LogP contribution >= 0.6 is 11.3 Å². The van der Waals surface area contributed by atoms with E-state index in [2.05, 4.69) is 0 Å². The Morgan fingerprint density at radius 3 is 2.56 bits per heavy atom. The molecular weight excluding hydrogens is 267 g/mol. The largest absolute Gasteiger partial charge is 0.477 e. The number of halogens is 3. The van der Waals surface area contributed by atoms with E-state index in [1.165, 1.54) is 6.07 Å². The van der Waals surface area contributed by atoms with Crippen molar-refractivity contribution >= 4 is 22.3 Å². The van der Waals surface area contributed by atoms with Crippen molar-refractivity contribution in [2.24, 2.45) is 0 Å². The molecule has 1 aromatic heterocycles. The minimum absolute atomic E-state index is 0.0657. The van der Waals surface area contributed by atoms with Crippen molar-refractivity contribution in [1.29, 1.82) is 0 Å². The van der Waals surface area contributed by atoms with Crippen LogP contribution in [0.15, 0.2) is 23.8 Å². The zero-order valence-electron chi connectivity index (χ0n) is 9.20. The average Bonchev–Trinajstić information content (AvgIpc) is 2.77. The molecule has 98 valence electrons. The van der Waals surface area contributed by atoms with E-state index >= 15 is 0 Å². The summed E-state index contributed by atoms with van der Waals surface area (Å²) < 4.78 is 37.3. The van der Waals surface area contributed by atoms with E-state index in [1.54, 1.807) is 11.0 Å². The lowest BCUT2D eigenvalue weighted by molar-refractivity contribution is -0.0943. The third kappa shape index (κ3) is 2.66. The highest BCUT2D eigenvalue weighted by Crippen LogP contribution is 2.33. The van der Waals surface area contributed by atoms with Gasteiger partial charge in [0.2, 0.25) is 0 Å². The normalized spacial score (nSPS) is 16.6. The quantitative estimate of drug-likeness (QED) is 0.844. The Labute approximate surface area is 105 Å². The van der Waals surface area contributed by atoms with E-state index in [0.717, 1.165) is 17.4 Å². The monoisotopic (exact) mass is 277 g/mol. The van der Waals surface area contributed by atoms with Gasteiger partial charge in [-0.05, 0) is 18.6 Å². The molecule has 1 aromatic rings. The molecule has 0 amide bonds. The Hall–Kier alpha value is -1.50. The number of carboxylic acid groups (broad SMARTS) is 1. The van der Waals surface area contributed by atoms with Gasteiger partial charge in [-0.25, -0.2) is 4.79 Å². The van der Waals surface area contributed by atoms with E-state index in [1.807, 2.05) is 0 Å². The van der Waals surface area contributed by atoms with Crippen LogP contribution in [0.25, 0.3) is 0 Å². The molecule has 0 saturated heterocycles. The highest BCUT2D eigenvalue weighted by Gasteiger charge is 2.34. The maximum absolute atomic E-state index is 12.4. The summed E-state index contributed by atoms with van der Waals surface area (Å²) >= 11 is 1.07. The van der Waals surface area contributed by atoms with E-state index < -0.39 is 17.7 Å². The standard InChI is InChI=1S/C11H10F3NO2S/c12-11(13,14)7-3-5-15(6-4-7)9-2-1-8(18-9)10(16)17/h1-3H,4-6H2,(H,16,17). The van der Waals surface area contributed by atoms with Crippen LogP contribution in [0.1, 0.15) is 16.1 Å². The molecule has 1 N–H and O–H groups in total. The van der Waals surface area contributed by atoms with Crippen LogP contribution in [0.5, 0.6) is 0 Å². The fourth-order valence-electron chi connectivity index (χ4n) is 1.74. The smallest absolute Gasteiger partial charge is 0.412 e. The zero-order chi connectivity index (χ0) is 13.3. The predicted molar refractivity (Wildman–Crippen MR) is 62.2 cm³/mol. The number of rotatable bonds is 2. The SMILES string of the molecule is O=C(O)c1ccc(N2CC=C(C(F)(F)F)CC2)s1. The highest BCUT2D eigenvalue weighted by molar-refractivity contribution is 7.17. The first-order valence-corrected chi connectivity index (χ1v) is 6.04. The Morgan fingerprint density at radius 2 is 2.11 bits per heavy atom. The minimum atomic E-state index is -4.26. The number of anilines is 1. The van der Waals surface area contributed by atoms with Crippen LogP contribution in [0.2, 0.25) is 0 Å². The minimum Gasteiger partial charge on any atom is -0.477 e. The van der Waals surface area contributed by atoms with Crippen LogP contribution < -0.4 is 4.90 Å². The second kappa shape index (κ2) is 4.64. The van der Waals surface area contributed by atoms with Gasteiger partial charge in [0.15, 0.2) is 0 Å². The van der Waals surface area contributed by atoms with Gasteiger partial charge in [-0.3, -0.25) is 0 Å². The Balaban J connectivity index is 2.09. The van der Waals surface area contributed by atoms with Crippen molar-refractivity contribution in [1.82, 2.24) is 0 Å². The van der Waals surface area contributed by atoms with Crippen molar-refractivity contribution in [3.8, 4) is 0 Å². The molecule has 18 heavy (non-hydrogen) atoms. The Bertz CT molecular complexity index is 493. The van der Waals surface area contributed by atoms with Gasteiger partial charge in [-0.1, -0.05) is 6.08 Å². The summed E-state index contributed by atoms with van der Waals surface area (Å²) in [6.07, 6.45) is -3.17. The zero-order valence-corrected chi connectivity index (χ0v) is 10.0. The molecule has 1 aliphatic rings. The molecule has 0 fully saturated rings. The van der Waals surface area contributed by atoms with Crippen molar-refractivity contribution in [3.05, 3.63) is 28.7 Å². The number of hydrogen-bond acceptors (Lipinski definition) is 3. The summed E-state index contributed by atoms with van der Waals surface area (Å²) in [4.78, 5) is 12.6. The fourth-order valence-corrected chi connectivity index (χ4v) is 2.62. The molecule has 0 atom stereocenters. The number of hydrogen-bond donors (Lipinski definition) is 1. The first-order chi connectivity index (χ1) is 8.38. The van der Waals surface area contributed by atoms with Gasteiger partial charge < -0.3 is 10.0 Å². The third-order valence-corrected chi connectivity index (χ3v) is 3.82. The van der Waals surface area contributed by atoms with Gasteiger partial charge in [0, 0.05) is 18.7 Å². The second-order valence-electron chi connectivity index (χ2n) is 3.87. The first-order valence-electron chi connectivity index (χ1n) is 5.22. The van der Waals surface area contributed by atoms with Crippen molar-refractivity contribution in [2.45, 2.75) is 12.6 Å². The summed E-state index contributed by atoms with van der Waals surface area (Å²) in [5, 5.41) is 9.46. The topological polar surface area (TPSA) is 40.5 Å². The van der Waals surface area contributed by atoms with Crippen LogP contribution in [0.4, 0.5) is 18.2 Å². The summed E-state index contributed by atoms with van der Waals surface area (Å²) in [7, 11) is 0. The Kier molecular flexibility index (Phi) is 3.34. The van der Waals surface area contributed by atoms with Crippen LogP contribution in [-0.4, -0.2) is 30.3 Å². The maximum atomic E-state index is 12.4. The Morgan fingerprint density at radius 1 is 1.39 bits per heavy atom. The summed E-state index contributed by atoms with van der Waals surface area (Å²) in [5.74, 6) is -1.02. The van der Waals surface area contributed by atoms with Crippen molar-refractivity contribution < 1.29 is 23.1 Å². The van der Waals surface area contributed by atoms with Crippen molar-refractivity contribution in [2.75, 3.05) is 18.0 Å². The molecule has 0 spiro atoms. The lowest BCUT2D eigenvalue weighted by Crippen LogP contribution is -2.31. The number of nitrogens with zero attached hydrogens (tertiary/aromatic N) is 1. The van der Waals surface area contributed by atoms with Gasteiger partial charge in [-0.15, -0.1) is 11.3 Å². The fraction of sp³-hybridized carbons (Fsp3) is 0.364. The number of carbonyl (C=O) groups is 1. The molecular formula is C11H10F3NO2S. The molecule has 0 bridgehead atoms. The van der Waals surface area contributed by atoms with E-state index in [4.69, 9.17) is 5.11 Å². The molecule has 0 aromatic carbocycles. The molecule has 7 heteroatoms. The first kappa shape index (κ1) is 12.9. The lowest BCUT2D eigenvalue weighted by Gasteiger charge is -2.27. The summed E-state index contributed by atoms with van der Waals surface area (Å²) in [5.41, 5.74) is -0.506. The number of aromatic carboxylic acids is 1. The van der Waals surface area contributed by atoms with Crippen LogP contribution in [-0.2, 0) is 0 Å². The van der Waals surface area contributed by atoms with E-state index in [0.29, 0.717) is 5.00 Å². The second-order valence-corrected chi connectivity index (χ2v) is 4.93. The number of alkyl halides is 3. The van der Waals surface area contributed by atoms with Gasteiger partial charge in [0.1, 0.15) is 4.88 Å². The number of thiophene rings is 1.